The van der Waals surface area contributed by atoms with Crippen LogP contribution >= 0.6 is 0 Å². The summed E-state index contributed by atoms with van der Waals surface area (Å²) < 4.78 is 71.9. The van der Waals surface area contributed by atoms with Crippen LogP contribution in [0.15, 0.2) is 49.1 Å². The molecule has 136 valence electrons. The molecular weight excluding hydrogens is 375 g/mol. The molecule has 0 N–H and O–H groups in total. The minimum atomic E-state index is -5.13. The van der Waals surface area contributed by atoms with E-state index in [2.05, 4.69) is 14.3 Å². The molecule has 0 amide bonds. The summed E-state index contributed by atoms with van der Waals surface area (Å²) in [5.41, 5.74) is -0.194. The number of hydrogen-bond acceptors (Lipinski definition) is 6. The molecule has 0 saturated carbocycles. The summed E-state index contributed by atoms with van der Waals surface area (Å²) in [7, 11) is -5.13. The van der Waals surface area contributed by atoms with E-state index >= 15 is 0 Å². The maximum absolute atomic E-state index is 14.5. The maximum Gasteiger partial charge on any atom is 0.488 e. The van der Waals surface area contributed by atoms with Crippen molar-refractivity contribution in [3.63, 3.8) is 0 Å². The molecule has 0 aliphatic rings. The normalized spacial score (nSPS) is 11.3. The monoisotopic (exact) mass is 385 g/mol. The zero-order chi connectivity index (χ0) is 18.7. The molecule has 0 atom stereocenters. The number of hydrogen-bond donors (Lipinski definition) is 0. The minimum absolute atomic E-state index is 0.0674. The first-order valence-electron chi connectivity index (χ1n) is 7.02. The molecule has 0 bridgehead atoms. The second-order valence-corrected chi connectivity index (χ2v) is 5.93. The second-order valence-electron chi connectivity index (χ2n) is 4.97. The molecule has 11 heteroatoms. The van der Waals surface area contributed by atoms with Crippen LogP contribution in [0.3, 0.4) is 0 Å². The summed E-state index contributed by atoms with van der Waals surface area (Å²) in [6.45, 7) is -0.313. The Morgan fingerprint density at radius 1 is 1.08 bits per heavy atom. The first kappa shape index (κ1) is 17.7. The van der Waals surface area contributed by atoms with Crippen LogP contribution in [0.4, 0.5) is 12.7 Å². The minimum Gasteiger partial charge on any atom is -0.489 e. The van der Waals surface area contributed by atoms with E-state index in [0.29, 0.717) is 0 Å². The Hall–Kier alpha value is -3.08. The Labute approximate surface area is 146 Å². The number of benzene rings is 2. The lowest BCUT2D eigenvalue weighted by molar-refractivity contribution is 0.298. The molecule has 0 spiro atoms. The van der Waals surface area contributed by atoms with Gasteiger partial charge in [0.2, 0.25) is 0 Å². The lowest BCUT2D eigenvalue weighted by atomic mass is 10.2. The molecule has 0 fully saturated rings. The van der Waals surface area contributed by atoms with E-state index in [1.807, 2.05) is 0 Å². The molecule has 0 aliphatic carbocycles. The van der Waals surface area contributed by atoms with Crippen molar-refractivity contribution < 1.29 is 30.0 Å². The standard InChI is InChI=1S/C15H10F3N3O4S/c16-11-5-10(15(17)14(6-11)21-9-19-8-20-21)7-24-12-1-3-13(4-2-12)25-26(18,22)23/h1-6,8-9H,7H2. The highest BCUT2D eigenvalue weighted by Gasteiger charge is 2.14. The predicted molar refractivity (Wildman–Crippen MR) is 82.7 cm³/mol. The average Bonchev–Trinajstić information content (AvgIpc) is 3.09. The summed E-state index contributed by atoms with van der Waals surface area (Å²) in [6, 6.07) is 6.82. The summed E-state index contributed by atoms with van der Waals surface area (Å²) >= 11 is 0. The van der Waals surface area contributed by atoms with Crippen molar-refractivity contribution in [2.45, 2.75) is 6.61 Å². The second kappa shape index (κ2) is 7.04. The summed E-state index contributed by atoms with van der Waals surface area (Å²) in [6.07, 6.45) is 2.40. The van der Waals surface area contributed by atoms with E-state index in [-0.39, 0.29) is 29.4 Å². The highest BCUT2D eigenvalue weighted by Crippen LogP contribution is 2.23. The van der Waals surface area contributed by atoms with Crippen LogP contribution in [-0.2, 0) is 17.1 Å². The third-order valence-electron chi connectivity index (χ3n) is 3.17. The Morgan fingerprint density at radius 3 is 2.38 bits per heavy atom. The number of ether oxygens (including phenoxy) is 1. The highest BCUT2D eigenvalue weighted by molar-refractivity contribution is 7.81. The Morgan fingerprint density at radius 2 is 1.77 bits per heavy atom. The summed E-state index contributed by atoms with van der Waals surface area (Å²) in [4.78, 5) is 3.68. The zero-order valence-electron chi connectivity index (χ0n) is 12.8. The molecule has 1 aromatic heterocycles. The number of aromatic nitrogens is 3. The van der Waals surface area contributed by atoms with Gasteiger partial charge in [0, 0.05) is 11.6 Å². The van der Waals surface area contributed by atoms with Crippen LogP contribution < -0.4 is 8.92 Å². The molecule has 7 nitrogen and oxygen atoms in total. The van der Waals surface area contributed by atoms with E-state index in [9.17, 15) is 21.1 Å². The smallest absolute Gasteiger partial charge is 0.488 e. The third-order valence-corrected chi connectivity index (χ3v) is 3.56. The lowest BCUT2D eigenvalue weighted by Crippen LogP contribution is -2.06. The van der Waals surface area contributed by atoms with E-state index in [1.165, 1.54) is 24.8 Å². The van der Waals surface area contributed by atoms with Crippen molar-refractivity contribution in [2.75, 3.05) is 0 Å². The van der Waals surface area contributed by atoms with Crippen molar-refractivity contribution in [1.29, 1.82) is 0 Å². The van der Waals surface area contributed by atoms with Gasteiger partial charge in [-0.3, -0.25) is 0 Å². The number of halogens is 3. The van der Waals surface area contributed by atoms with Gasteiger partial charge in [-0.25, -0.2) is 18.4 Å². The van der Waals surface area contributed by atoms with Crippen LogP contribution in [0.25, 0.3) is 5.69 Å². The van der Waals surface area contributed by atoms with Crippen molar-refractivity contribution in [3.8, 4) is 17.2 Å². The van der Waals surface area contributed by atoms with E-state index in [0.717, 1.165) is 28.9 Å². The molecule has 3 rings (SSSR count). The Balaban J connectivity index is 1.76. The Bertz CT molecular complexity index is 1010. The van der Waals surface area contributed by atoms with Crippen molar-refractivity contribution in [1.82, 2.24) is 14.8 Å². The van der Waals surface area contributed by atoms with Gasteiger partial charge in [-0.15, -0.1) is 0 Å². The molecular formula is C15H10F3N3O4S. The first-order valence-corrected chi connectivity index (χ1v) is 8.32. The Kier molecular flexibility index (Phi) is 4.80. The van der Waals surface area contributed by atoms with Gasteiger partial charge in [0.25, 0.3) is 0 Å². The predicted octanol–water partition coefficient (Wildman–Crippen LogP) is 2.72. The number of rotatable bonds is 6. The van der Waals surface area contributed by atoms with Gasteiger partial charge in [-0.1, -0.05) is 3.89 Å². The highest BCUT2D eigenvalue weighted by atomic mass is 32.3. The fourth-order valence-electron chi connectivity index (χ4n) is 2.10. The zero-order valence-corrected chi connectivity index (χ0v) is 13.7. The molecule has 0 radical (unpaired) electrons. The molecule has 1 heterocycles. The molecule has 0 aliphatic heterocycles. The molecule has 26 heavy (non-hydrogen) atoms. The van der Waals surface area contributed by atoms with Gasteiger partial charge < -0.3 is 8.92 Å². The van der Waals surface area contributed by atoms with Crippen molar-refractivity contribution in [2.24, 2.45) is 0 Å². The average molecular weight is 385 g/mol. The van der Waals surface area contributed by atoms with Crippen LogP contribution in [0, 0.1) is 11.6 Å². The SMILES string of the molecule is O=S(=O)(F)Oc1ccc(OCc2cc(F)cc(-n3cncn3)c2F)cc1. The number of nitrogens with zero attached hydrogens (tertiary/aromatic N) is 3. The summed E-state index contributed by atoms with van der Waals surface area (Å²) in [5, 5.41) is 3.75. The van der Waals surface area contributed by atoms with Crippen LogP contribution in [-0.4, -0.2) is 23.2 Å². The van der Waals surface area contributed by atoms with Crippen LogP contribution in [0.5, 0.6) is 11.5 Å². The van der Waals surface area contributed by atoms with Gasteiger partial charge in [0.15, 0.2) is 5.82 Å². The fraction of sp³-hybridized carbons (Fsp3) is 0.0667. The molecule has 2 aromatic carbocycles. The maximum atomic E-state index is 14.5. The third kappa shape index (κ3) is 4.30. The largest absolute Gasteiger partial charge is 0.489 e. The van der Waals surface area contributed by atoms with E-state index in [1.54, 1.807) is 0 Å². The van der Waals surface area contributed by atoms with E-state index in [4.69, 9.17) is 4.74 Å². The first-order chi connectivity index (χ1) is 12.3. The van der Waals surface area contributed by atoms with Gasteiger partial charge in [0.05, 0.1) is 0 Å². The summed E-state index contributed by atoms with van der Waals surface area (Å²) in [5.74, 6) is -1.47. The molecule has 0 unspecified atom stereocenters. The molecule has 3 aromatic rings. The van der Waals surface area contributed by atoms with Crippen LogP contribution in [0.1, 0.15) is 5.56 Å². The quantitative estimate of drug-likeness (QED) is 0.607. The van der Waals surface area contributed by atoms with Crippen molar-refractivity contribution >= 4 is 10.5 Å². The van der Waals surface area contributed by atoms with Crippen molar-refractivity contribution in [3.05, 3.63) is 66.3 Å². The topological polar surface area (TPSA) is 83.3 Å². The van der Waals surface area contributed by atoms with E-state index < -0.39 is 22.1 Å². The van der Waals surface area contributed by atoms with Gasteiger partial charge in [-0.05, 0) is 30.3 Å². The fourth-order valence-corrected chi connectivity index (χ4v) is 2.44. The van der Waals surface area contributed by atoms with Gasteiger partial charge in [-0.2, -0.15) is 13.5 Å². The lowest BCUT2D eigenvalue weighted by Gasteiger charge is -2.11. The van der Waals surface area contributed by atoms with Gasteiger partial charge in [0.1, 0.15) is 42.3 Å². The molecule has 0 saturated heterocycles. The van der Waals surface area contributed by atoms with Crippen LogP contribution in [0.2, 0.25) is 0 Å². The van der Waals surface area contributed by atoms with Gasteiger partial charge >= 0.3 is 10.5 Å².